The molecule has 9 rings (SSSR count). The van der Waals surface area contributed by atoms with Crippen LogP contribution in [0.2, 0.25) is 0 Å². The number of hydrogen-bond donors (Lipinski definition) is 3. The van der Waals surface area contributed by atoms with Crippen molar-refractivity contribution in [1.29, 1.82) is 0 Å². The molecule has 8 heteroatoms. The van der Waals surface area contributed by atoms with Gasteiger partial charge in [0, 0.05) is 22.9 Å². The molecule has 0 bridgehead atoms. The standard InChI is InChI=1S/C37H38N6O2/c1-19-13-31(19)43(36(44)45-37(2,3)4)18-32-39-27-11-7-22-14-20(5-9-25(22)33(27)41-32)21-6-10-26-23(15-21)8-12-28-34(26)42-35(40-28)30-17-24-16-29(24)38-30/h5-12,14-15,19,24,29-31,38H,13,16-18H2,1-4H3,(H,39,41)(H,40,42)/t19?,24-,29-,30+,31?/m1/s1. The lowest BCUT2D eigenvalue weighted by Gasteiger charge is -2.27. The predicted octanol–water partition coefficient (Wildman–Crippen LogP) is 7.98. The Labute approximate surface area is 261 Å². The highest BCUT2D eigenvalue weighted by molar-refractivity contribution is 6.07. The lowest BCUT2D eigenvalue weighted by Crippen LogP contribution is -2.38. The predicted molar refractivity (Wildman–Crippen MR) is 178 cm³/mol. The molecule has 45 heavy (non-hydrogen) atoms. The molecule has 3 heterocycles. The summed E-state index contributed by atoms with van der Waals surface area (Å²) in [6, 6.07) is 23.1. The highest BCUT2D eigenvalue weighted by Crippen LogP contribution is 2.46. The summed E-state index contributed by atoms with van der Waals surface area (Å²) in [6.07, 6.45) is 3.22. The lowest BCUT2D eigenvalue weighted by atomic mass is 9.98. The van der Waals surface area contributed by atoms with Gasteiger partial charge < -0.3 is 20.0 Å². The number of carbonyl (C=O) groups is 1. The van der Waals surface area contributed by atoms with Crippen molar-refractivity contribution in [3.8, 4) is 11.1 Å². The molecule has 2 saturated carbocycles. The summed E-state index contributed by atoms with van der Waals surface area (Å²) in [4.78, 5) is 32.0. The third-order valence-electron chi connectivity index (χ3n) is 9.96. The maximum Gasteiger partial charge on any atom is 0.410 e. The first kappa shape index (κ1) is 26.9. The third kappa shape index (κ3) is 4.74. The second-order valence-electron chi connectivity index (χ2n) is 14.5. The molecule has 3 fully saturated rings. The number of piperidine rings is 1. The summed E-state index contributed by atoms with van der Waals surface area (Å²) < 4.78 is 5.73. The van der Waals surface area contributed by atoms with Gasteiger partial charge in [-0.15, -0.1) is 0 Å². The van der Waals surface area contributed by atoms with Gasteiger partial charge in [0.2, 0.25) is 0 Å². The summed E-state index contributed by atoms with van der Waals surface area (Å²) in [5.74, 6) is 3.14. The van der Waals surface area contributed by atoms with E-state index in [-0.39, 0.29) is 12.1 Å². The van der Waals surface area contributed by atoms with Crippen molar-refractivity contribution in [1.82, 2.24) is 30.2 Å². The quantitative estimate of drug-likeness (QED) is 0.187. The van der Waals surface area contributed by atoms with Crippen LogP contribution in [0.5, 0.6) is 0 Å². The Bertz CT molecular complexity index is 2150. The van der Waals surface area contributed by atoms with Gasteiger partial charge in [-0.2, -0.15) is 0 Å². The van der Waals surface area contributed by atoms with E-state index in [0.29, 0.717) is 24.5 Å². The first-order valence-corrected chi connectivity index (χ1v) is 16.3. The van der Waals surface area contributed by atoms with E-state index in [4.69, 9.17) is 14.7 Å². The highest BCUT2D eigenvalue weighted by atomic mass is 16.6. The van der Waals surface area contributed by atoms with Crippen molar-refractivity contribution in [3.05, 3.63) is 72.3 Å². The number of aromatic amines is 2. The van der Waals surface area contributed by atoms with E-state index in [0.717, 1.165) is 62.4 Å². The first-order chi connectivity index (χ1) is 21.7. The van der Waals surface area contributed by atoms with E-state index in [1.165, 1.54) is 29.2 Å². The van der Waals surface area contributed by atoms with Crippen LogP contribution in [0.4, 0.5) is 4.79 Å². The number of hydrogen-bond acceptors (Lipinski definition) is 5. The van der Waals surface area contributed by atoms with Crippen molar-refractivity contribution in [2.75, 3.05) is 0 Å². The van der Waals surface area contributed by atoms with E-state index in [1.54, 1.807) is 0 Å². The lowest BCUT2D eigenvalue weighted by molar-refractivity contribution is 0.0203. The maximum absolute atomic E-state index is 13.1. The van der Waals surface area contributed by atoms with Gasteiger partial charge in [-0.25, -0.2) is 14.8 Å². The van der Waals surface area contributed by atoms with E-state index < -0.39 is 5.60 Å². The molecule has 5 atom stereocenters. The van der Waals surface area contributed by atoms with Gasteiger partial charge in [0.1, 0.15) is 17.2 Å². The molecule has 2 aliphatic carbocycles. The van der Waals surface area contributed by atoms with E-state index in [9.17, 15) is 4.79 Å². The molecule has 8 nitrogen and oxygen atoms in total. The molecule has 2 aromatic heterocycles. The summed E-state index contributed by atoms with van der Waals surface area (Å²) in [5, 5.41) is 8.30. The van der Waals surface area contributed by atoms with Gasteiger partial charge in [-0.1, -0.05) is 43.3 Å². The van der Waals surface area contributed by atoms with Gasteiger partial charge in [-0.05, 0) is 98.0 Å². The molecular weight excluding hydrogens is 560 g/mol. The Morgan fingerprint density at radius 2 is 1.51 bits per heavy atom. The monoisotopic (exact) mass is 598 g/mol. The molecule has 1 aliphatic heterocycles. The molecule has 3 aliphatic rings. The zero-order valence-corrected chi connectivity index (χ0v) is 26.1. The molecule has 0 spiro atoms. The second-order valence-corrected chi connectivity index (χ2v) is 14.5. The van der Waals surface area contributed by atoms with Crippen molar-refractivity contribution >= 4 is 49.7 Å². The Balaban J connectivity index is 1.01. The van der Waals surface area contributed by atoms with Crippen LogP contribution >= 0.6 is 0 Å². The number of ether oxygens (including phenoxy) is 1. The number of rotatable bonds is 5. The van der Waals surface area contributed by atoms with Crippen LogP contribution in [0.3, 0.4) is 0 Å². The minimum atomic E-state index is -0.540. The number of nitrogens with one attached hydrogen (secondary N) is 3. The number of nitrogens with zero attached hydrogens (tertiary/aromatic N) is 3. The fourth-order valence-electron chi connectivity index (χ4n) is 7.34. The summed E-state index contributed by atoms with van der Waals surface area (Å²) in [5.41, 5.74) is 5.83. The van der Waals surface area contributed by atoms with Crippen LogP contribution in [0.15, 0.2) is 60.7 Å². The van der Waals surface area contributed by atoms with Gasteiger partial charge in [0.15, 0.2) is 0 Å². The van der Waals surface area contributed by atoms with Crippen LogP contribution in [0.25, 0.3) is 54.7 Å². The van der Waals surface area contributed by atoms with Crippen LogP contribution in [0.1, 0.15) is 64.6 Å². The number of H-pyrrole nitrogens is 2. The normalized spacial score (nSPS) is 24.0. The molecular formula is C37H38N6O2. The summed E-state index contributed by atoms with van der Waals surface area (Å²) in [6.45, 7) is 8.29. The molecule has 2 unspecified atom stereocenters. The zero-order chi connectivity index (χ0) is 30.6. The smallest absolute Gasteiger partial charge is 0.410 e. The number of fused-ring (bicyclic) bond motifs is 7. The topological polar surface area (TPSA) is 98.9 Å². The fourth-order valence-corrected chi connectivity index (χ4v) is 7.34. The molecule has 1 amide bonds. The average Bonchev–Trinajstić information content (AvgIpc) is 3.69. The van der Waals surface area contributed by atoms with Crippen molar-refractivity contribution in [3.63, 3.8) is 0 Å². The SMILES string of the molecule is CC1CC1N(Cc1nc2c(ccc3cc(-c4ccc5c(ccc6[nH]c([C@@H]7C[C@H]8C[C@H]8N7)nc65)c4)ccc32)[nH]1)C(=O)OC(C)(C)C. The van der Waals surface area contributed by atoms with E-state index in [1.807, 2.05) is 25.7 Å². The molecule has 228 valence electrons. The number of aromatic nitrogens is 4. The number of benzene rings is 4. The van der Waals surface area contributed by atoms with Crippen LogP contribution in [-0.2, 0) is 11.3 Å². The largest absolute Gasteiger partial charge is 0.444 e. The Hall–Kier alpha value is -4.43. The summed E-state index contributed by atoms with van der Waals surface area (Å²) >= 11 is 0. The second kappa shape index (κ2) is 9.54. The number of carbonyl (C=O) groups excluding carboxylic acids is 1. The van der Waals surface area contributed by atoms with Crippen LogP contribution in [-0.4, -0.2) is 48.6 Å². The summed E-state index contributed by atoms with van der Waals surface area (Å²) in [7, 11) is 0. The zero-order valence-electron chi connectivity index (χ0n) is 26.1. The average molecular weight is 599 g/mol. The first-order valence-electron chi connectivity index (χ1n) is 16.3. The van der Waals surface area contributed by atoms with Gasteiger partial charge >= 0.3 is 6.09 Å². The minimum Gasteiger partial charge on any atom is -0.444 e. The fraction of sp³-hybridized carbons (Fsp3) is 0.378. The van der Waals surface area contributed by atoms with Crippen LogP contribution < -0.4 is 5.32 Å². The van der Waals surface area contributed by atoms with Gasteiger partial charge in [-0.3, -0.25) is 4.90 Å². The van der Waals surface area contributed by atoms with E-state index in [2.05, 4.69) is 82.9 Å². The molecule has 4 aromatic carbocycles. The minimum absolute atomic E-state index is 0.190. The van der Waals surface area contributed by atoms with Gasteiger partial charge in [0.25, 0.3) is 0 Å². The molecule has 3 N–H and O–H groups in total. The Morgan fingerprint density at radius 3 is 2.11 bits per heavy atom. The number of imidazole rings is 2. The number of amides is 1. The molecule has 1 saturated heterocycles. The van der Waals surface area contributed by atoms with E-state index >= 15 is 0 Å². The third-order valence-corrected chi connectivity index (χ3v) is 9.96. The Kier molecular flexibility index (Phi) is 5.71. The van der Waals surface area contributed by atoms with Gasteiger partial charge in [0.05, 0.1) is 34.7 Å². The van der Waals surface area contributed by atoms with Crippen molar-refractivity contribution < 1.29 is 9.53 Å². The van der Waals surface area contributed by atoms with Crippen molar-refractivity contribution in [2.24, 2.45) is 11.8 Å². The highest BCUT2D eigenvalue weighted by Gasteiger charge is 2.47. The van der Waals surface area contributed by atoms with Crippen molar-refractivity contribution in [2.45, 2.75) is 77.2 Å². The van der Waals surface area contributed by atoms with Crippen LogP contribution in [0, 0.1) is 11.8 Å². The molecule has 0 radical (unpaired) electrons. The Morgan fingerprint density at radius 1 is 0.867 bits per heavy atom. The molecule has 6 aromatic rings. The maximum atomic E-state index is 13.1.